The highest BCUT2D eigenvalue weighted by Crippen LogP contribution is 2.24. The molecule has 2 aliphatic rings. The van der Waals surface area contributed by atoms with Crippen LogP contribution in [0.5, 0.6) is 5.75 Å². The first-order valence-corrected chi connectivity index (χ1v) is 8.51. The predicted octanol–water partition coefficient (Wildman–Crippen LogP) is 2.30. The van der Waals surface area contributed by atoms with Gasteiger partial charge in [-0.2, -0.15) is 0 Å². The molecule has 1 N–H and O–H groups in total. The number of nitrogens with one attached hydrogen (secondary N) is 1. The fourth-order valence-corrected chi connectivity index (χ4v) is 3.21. The number of ether oxygens (including phenoxy) is 3. The summed E-state index contributed by atoms with van der Waals surface area (Å²) in [6.07, 6.45) is 5.30. The van der Waals surface area contributed by atoms with Crippen molar-refractivity contribution in [3.63, 3.8) is 0 Å². The zero-order valence-electron chi connectivity index (χ0n) is 13.4. The molecular weight excluding hydrogens is 294 g/mol. The van der Waals surface area contributed by atoms with E-state index in [4.69, 9.17) is 14.2 Å². The molecule has 0 bridgehead atoms. The fraction of sp³-hybridized carbons (Fsp3) is 0.611. The van der Waals surface area contributed by atoms with E-state index in [0.29, 0.717) is 6.61 Å². The molecule has 1 aliphatic carbocycles. The third-order valence-corrected chi connectivity index (χ3v) is 4.39. The van der Waals surface area contributed by atoms with E-state index in [1.54, 1.807) is 0 Å². The molecule has 0 unspecified atom stereocenters. The Morgan fingerprint density at radius 2 is 2.04 bits per heavy atom. The van der Waals surface area contributed by atoms with Crippen LogP contribution in [0.4, 0.5) is 0 Å². The van der Waals surface area contributed by atoms with Gasteiger partial charge in [-0.15, -0.1) is 0 Å². The highest BCUT2D eigenvalue weighted by Gasteiger charge is 2.30. The summed E-state index contributed by atoms with van der Waals surface area (Å²) in [5.74, 6) is 0.782. The predicted molar refractivity (Wildman–Crippen MR) is 86.4 cm³/mol. The average Bonchev–Trinajstić information content (AvgIpc) is 3.21. The van der Waals surface area contributed by atoms with Gasteiger partial charge in [0.1, 0.15) is 18.5 Å². The lowest BCUT2D eigenvalue weighted by Gasteiger charge is -2.22. The second-order valence-electron chi connectivity index (χ2n) is 6.22. The molecule has 5 heteroatoms. The summed E-state index contributed by atoms with van der Waals surface area (Å²) in [6.45, 7) is 1.40. The van der Waals surface area contributed by atoms with Crippen molar-refractivity contribution in [2.75, 3.05) is 19.8 Å². The molecular formula is C18H25NO4. The smallest absolute Gasteiger partial charge is 0.246 e. The molecule has 3 atom stereocenters. The molecule has 5 nitrogen and oxygen atoms in total. The Morgan fingerprint density at radius 1 is 1.17 bits per heavy atom. The van der Waals surface area contributed by atoms with Crippen molar-refractivity contribution in [3.05, 3.63) is 30.3 Å². The maximum Gasteiger partial charge on any atom is 0.246 e. The van der Waals surface area contributed by atoms with E-state index >= 15 is 0 Å². The van der Waals surface area contributed by atoms with Crippen molar-refractivity contribution in [3.8, 4) is 5.75 Å². The molecule has 2 fully saturated rings. The van der Waals surface area contributed by atoms with Gasteiger partial charge in [0.05, 0.1) is 18.8 Å². The van der Waals surface area contributed by atoms with Crippen molar-refractivity contribution in [2.24, 2.45) is 0 Å². The van der Waals surface area contributed by atoms with Gasteiger partial charge in [0.15, 0.2) is 0 Å². The summed E-state index contributed by atoms with van der Waals surface area (Å²) in [5, 5.41) is 3.04. The van der Waals surface area contributed by atoms with Crippen LogP contribution in [0.3, 0.4) is 0 Å². The quantitative estimate of drug-likeness (QED) is 0.838. The minimum absolute atomic E-state index is 0.0412. The monoisotopic (exact) mass is 319 g/mol. The van der Waals surface area contributed by atoms with Gasteiger partial charge in [-0.1, -0.05) is 18.2 Å². The lowest BCUT2D eigenvalue weighted by Crippen LogP contribution is -2.44. The lowest BCUT2D eigenvalue weighted by atomic mass is 10.2. The number of benzene rings is 1. The van der Waals surface area contributed by atoms with Crippen LogP contribution < -0.4 is 10.1 Å². The summed E-state index contributed by atoms with van der Waals surface area (Å²) in [5.41, 5.74) is 0. The fourth-order valence-electron chi connectivity index (χ4n) is 3.21. The number of carbonyl (C=O) groups is 1. The molecule has 1 saturated heterocycles. The second kappa shape index (κ2) is 8.31. The van der Waals surface area contributed by atoms with Crippen molar-refractivity contribution in [1.82, 2.24) is 5.32 Å². The first-order valence-electron chi connectivity index (χ1n) is 8.51. The zero-order valence-corrected chi connectivity index (χ0v) is 13.4. The van der Waals surface area contributed by atoms with E-state index in [-0.39, 0.29) is 30.8 Å². The van der Waals surface area contributed by atoms with Gasteiger partial charge in [0, 0.05) is 6.61 Å². The topological polar surface area (TPSA) is 56.8 Å². The van der Waals surface area contributed by atoms with Gasteiger partial charge >= 0.3 is 0 Å². The molecule has 23 heavy (non-hydrogen) atoms. The standard InChI is InChI=1S/C18H25NO4/c20-18(13-21-12-15-8-5-11-22-15)19-16-9-4-10-17(16)23-14-6-2-1-3-7-14/h1-3,6-7,15-17H,4-5,8-13H2,(H,19,20)/t15-,16+,17-/m0/s1. The normalized spacial score (nSPS) is 27.0. The van der Waals surface area contributed by atoms with Crippen molar-refractivity contribution in [2.45, 2.75) is 50.4 Å². The number of hydrogen-bond acceptors (Lipinski definition) is 4. The molecule has 1 aromatic carbocycles. The Labute approximate surface area is 137 Å². The van der Waals surface area contributed by atoms with Crippen LogP contribution in [0.25, 0.3) is 0 Å². The number of amides is 1. The van der Waals surface area contributed by atoms with Gasteiger partial charge in [0.25, 0.3) is 0 Å². The molecule has 0 radical (unpaired) electrons. The molecule has 1 heterocycles. The maximum atomic E-state index is 12.0. The number of para-hydroxylation sites is 1. The summed E-state index contributed by atoms with van der Waals surface area (Å²) in [6, 6.07) is 9.83. The Bertz CT molecular complexity index is 487. The number of hydrogen-bond donors (Lipinski definition) is 1. The maximum absolute atomic E-state index is 12.0. The van der Waals surface area contributed by atoms with Gasteiger partial charge in [0.2, 0.25) is 5.91 Å². The molecule has 126 valence electrons. The van der Waals surface area contributed by atoms with E-state index in [1.807, 2.05) is 30.3 Å². The SMILES string of the molecule is O=C(COC[C@@H]1CCCO1)N[C@@H]1CCC[C@@H]1Oc1ccccc1. The molecule has 3 rings (SSSR count). The van der Waals surface area contributed by atoms with Crippen LogP contribution in [0.2, 0.25) is 0 Å². The first kappa shape index (κ1) is 16.3. The Balaban J connectivity index is 1.39. The molecule has 1 aliphatic heterocycles. The third-order valence-electron chi connectivity index (χ3n) is 4.39. The summed E-state index contributed by atoms with van der Waals surface area (Å²) < 4.78 is 16.9. The lowest BCUT2D eigenvalue weighted by molar-refractivity contribution is -0.128. The van der Waals surface area contributed by atoms with Gasteiger partial charge in [-0.25, -0.2) is 0 Å². The van der Waals surface area contributed by atoms with E-state index in [9.17, 15) is 4.79 Å². The molecule has 1 saturated carbocycles. The first-order chi connectivity index (χ1) is 11.3. The average molecular weight is 319 g/mol. The Morgan fingerprint density at radius 3 is 2.83 bits per heavy atom. The second-order valence-corrected chi connectivity index (χ2v) is 6.22. The molecule has 0 aromatic heterocycles. The van der Waals surface area contributed by atoms with Crippen LogP contribution in [-0.2, 0) is 14.3 Å². The van der Waals surface area contributed by atoms with Gasteiger partial charge in [-0.05, 0) is 44.2 Å². The summed E-state index contributed by atoms with van der Waals surface area (Å²) in [7, 11) is 0. The van der Waals surface area contributed by atoms with Crippen molar-refractivity contribution < 1.29 is 19.0 Å². The zero-order chi connectivity index (χ0) is 15.9. The summed E-state index contributed by atoms with van der Waals surface area (Å²) >= 11 is 0. The van der Waals surface area contributed by atoms with Crippen LogP contribution in [0, 0.1) is 0 Å². The third kappa shape index (κ3) is 4.94. The van der Waals surface area contributed by atoms with Crippen LogP contribution in [0.15, 0.2) is 30.3 Å². The Kier molecular flexibility index (Phi) is 5.88. The van der Waals surface area contributed by atoms with Crippen LogP contribution in [-0.4, -0.2) is 44.0 Å². The van der Waals surface area contributed by atoms with E-state index < -0.39 is 0 Å². The van der Waals surface area contributed by atoms with Crippen molar-refractivity contribution >= 4 is 5.91 Å². The van der Waals surface area contributed by atoms with Crippen LogP contribution in [0.1, 0.15) is 32.1 Å². The molecule has 1 amide bonds. The Hall–Kier alpha value is -1.59. The van der Waals surface area contributed by atoms with E-state index in [1.165, 1.54) is 0 Å². The van der Waals surface area contributed by atoms with E-state index in [2.05, 4.69) is 5.32 Å². The number of rotatable bonds is 7. The number of carbonyl (C=O) groups excluding carboxylic acids is 1. The minimum atomic E-state index is -0.0726. The van der Waals surface area contributed by atoms with E-state index in [0.717, 1.165) is 44.5 Å². The highest BCUT2D eigenvalue weighted by atomic mass is 16.5. The summed E-state index contributed by atoms with van der Waals surface area (Å²) in [4.78, 5) is 12.0. The van der Waals surface area contributed by atoms with Crippen LogP contribution >= 0.6 is 0 Å². The molecule has 1 aromatic rings. The molecule has 0 spiro atoms. The van der Waals surface area contributed by atoms with Gasteiger partial charge < -0.3 is 19.5 Å². The van der Waals surface area contributed by atoms with Gasteiger partial charge in [-0.3, -0.25) is 4.79 Å². The highest BCUT2D eigenvalue weighted by molar-refractivity contribution is 5.77. The minimum Gasteiger partial charge on any atom is -0.488 e. The van der Waals surface area contributed by atoms with Crippen molar-refractivity contribution in [1.29, 1.82) is 0 Å². The largest absolute Gasteiger partial charge is 0.488 e.